The van der Waals surface area contributed by atoms with E-state index in [-0.39, 0.29) is 0 Å². The van der Waals surface area contributed by atoms with E-state index in [2.05, 4.69) is 368 Å². The van der Waals surface area contributed by atoms with Crippen molar-refractivity contribution < 1.29 is 0 Å². The molecule has 13 aromatic rings. The van der Waals surface area contributed by atoms with Crippen LogP contribution in [0.1, 0.15) is 139 Å². The predicted molar refractivity (Wildman–Crippen MR) is 484 cm³/mol. The van der Waals surface area contributed by atoms with E-state index < -0.39 is 10.8 Å². The van der Waals surface area contributed by atoms with Gasteiger partial charge in [0.2, 0.25) is 0 Å². The third-order valence-electron chi connectivity index (χ3n) is 28.9. The number of aryl methyl sites for hydroxylation is 3. The molecule has 0 radical (unpaired) electrons. The van der Waals surface area contributed by atoms with E-state index in [0.717, 1.165) is 25.7 Å². The Balaban J connectivity index is 0.950. The molecule has 2 atom stereocenters. The fourth-order valence-corrected chi connectivity index (χ4v) is 23.5. The number of rotatable bonds is 8. The molecule has 0 saturated carbocycles. The maximum absolute atomic E-state index is 3.07. The Morgan fingerprint density at radius 3 is 1.28 bits per heavy atom. The summed E-state index contributed by atoms with van der Waals surface area (Å²) in [4.78, 5) is 3.07. The molecule has 12 aliphatic rings. The average molecular weight is 1480 g/mol. The van der Waals surface area contributed by atoms with E-state index in [4.69, 9.17) is 0 Å². The monoisotopic (exact) mass is 1480 g/mol. The molecule has 0 heterocycles. The Morgan fingerprint density at radius 1 is 0.284 bits per heavy atom. The van der Waals surface area contributed by atoms with Crippen molar-refractivity contribution in [2.24, 2.45) is 10.8 Å². The van der Waals surface area contributed by atoms with Gasteiger partial charge in [-0.2, -0.15) is 0 Å². The molecule has 116 heavy (non-hydrogen) atoms. The zero-order chi connectivity index (χ0) is 76.9. The molecular weight excluding hydrogens is 1400 g/mol. The number of benzene rings is 13. The summed E-state index contributed by atoms with van der Waals surface area (Å²) in [5, 5.41) is 0. The molecule has 0 amide bonds. The molecule has 0 N–H and O–H groups in total. The lowest BCUT2D eigenvalue weighted by Crippen LogP contribution is -2.42. The summed E-state index contributed by atoms with van der Waals surface area (Å²) in [6, 6.07) is 96.8. The zero-order valence-electron chi connectivity index (χ0n) is 66.1. The first kappa shape index (κ1) is 66.0. The first-order valence-corrected chi connectivity index (χ1v) is 41.8. The summed E-state index contributed by atoms with van der Waals surface area (Å²) >= 11 is 0. The Labute approximate surface area is 679 Å². The van der Waals surface area contributed by atoms with Crippen molar-refractivity contribution in [1.29, 1.82) is 0 Å². The van der Waals surface area contributed by atoms with E-state index in [0.29, 0.717) is 6.42 Å². The molecule has 2 unspecified atom stereocenters. The first-order chi connectivity index (χ1) is 57.0. The largest absolute Gasteiger partial charge is 0.311 e. The van der Waals surface area contributed by atoms with Crippen molar-refractivity contribution >= 4 is 63.5 Å². The summed E-state index contributed by atoms with van der Waals surface area (Å²) < 4.78 is 0. The molecule has 1 nitrogen and oxygen atoms in total. The first-order valence-electron chi connectivity index (χ1n) is 41.8. The molecule has 0 aliphatic heterocycles. The van der Waals surface area contributed by atoms with Crippen LogP contribution in [0.15, 0.2) is 336 Å². The summed E-state index contributed by atoms with van der Waals surface area (Å²) in [5.41, 5.74) is 62.1. The van der Waals surface area contributed by atoms with Gasteiger partial charge in [-0.25, -0.2) is 0 Å². The van der Waals surface area contributed by atoms with Gasteiger partial charge in [-0.15, -0.1) is 0 Å². The fourth-order valence-electron chi connectivity index (χ4n) is 23.5. The van der Waals surface area contributed by atoms with Crippen LogP contribution >= 0.6 is 0 Å². The van der Waals surface area contributed by atoms with Crippen molar-refractivity contribution in [2.45, 2.75) is 73.6 Å². The predicted octanol–water partition coefficient (Wildman–Crippen LogP) is 28.0. The van der Waals surface area contributed by atoms with E-state index in [1.807, 2.05) is 0 Å². The van der Waals surface area contributed by atoms with Crippen LogP contribution in [-0.2, 0) is 32.1 Å². The van der Waals surface area contributed by atoms with E-state index in [1.165, 1.54) is 273 Å². The minimum Gasteiger partial charge on any atom is -0.311 e. The molecule has 13 aromatic carbocycles. The summed E-state index contributed by atoms with van der Waals surface area (Å²) in [7, 11) is 0. The maximum Gasteiger partial charge on any atom is 0.0810 e. The highest BCUT2D eigenvalue weighted by molar-refractivity contribution is 6.23. The standard InChI is InChI=1S/C115H81N/c1-65-53-93-85-41-21-11-29-72(85)57-96(93)105(68(65)4)92-44-24-36-79-64-104-108(107(79)92)110(106-69(5)66(2)54-94-86-42-22-12-30-73(86)58-97(94)106)109(100-50-49-91-84-40-20-16-34-77(84)62-102(91)114(100)51-25-45-89-82-38-18-14-33-76(82)61-101(89)114)113(115(104)52-26-46-90-83-39-19-15-35-78(83)63-103(90)115)116(111-70(6)67(3)55-95-87-43-23-13-32-75(87)60-99(95)111)112-80(56-71-27-8-7-9-28-71)47-48-88-81-37-17-10-31-74(81)59-98(88)112/h7-55,61-64H,56-60H2,1-6H3. The van der Waals surface area contributed by atoms with Crippen LogP contribution in [0.4, 0.5) is 11.4 Å². The zero-order valence-corrected chi connectivity index (χ0v) is 66.1. The van der Waals surface area contributed by atoms with Crippen LogP contribution < -0.4 is 4.90 Å². The molecular formula is C115H81N. The second-order valence-electron chi connectivity index (χ2n) is 34.5. The van der Waals surface area contributed by atoms with Gasteiger partial charge in [-0.05, 0) is 336 Å². The van der Waals surface area contributed by atoms with Gasteiger partial charge in [0.05, 0.1) is 27.9 Å². The van der Waals surface area contributed by atoms with Crippen molar-refractivity contribution in [3.63, 3.8) is 0 Å². The van der Waals surface area contributed by atoms with Gasteiger partial charge in [0.1, 0.15) is 0 Å². The summed E-state index contributed by atoms with van der Waals surface area (Å²) in [6.45, 7) is 14.6. The maximum atomic E-state index is 3.07. The number of nitrogens with zero attached hydrogens (tertiary/aromatic N) is 1. The van der Waals surface area contributed by atoms with Crippen LogP contribution in [0.25, 0.3) is 108 Å². The highest BCUT2D eigenvalue weighted by atomic mass is 15.2. The Kier molecular flexibility index (Phi) is 13.7. The SMILES string of the molecule is Cc1cc2c(c(C3=C4C(=Cc5cccc(-c6c(C)c(C)cc7c6Cc6ccccc6-7)c54)C4(C=CC=C5C4=Cc4ccccc45)C(N(c4c(Cc5ccccc5)ccc5c4Cc4ccccc4-5)c4c(C)c(C)cc5c4Cc4ccccc4-5)=C3C3=CC=C4C(=Cc5ccccc54)C34C=CC=C3C4=Cc4ccccc43)c1C)Cc1ccccc1-2. The molecule has 12 aliphatic carbocycles. The van der Waals surface area contributed by atoms with Gasteiger partial charge < -0.3 is 4.90 Å². The number of fused-ring (bicyclic) bond motifs is 28. The van der Waals surface area contributed by atoms with Crippen molar-refractivity contribution in [1.82, 2.24) is 0 Å². The number of anilines is 2. The second-order valence-corrected chi connectivity index (χ2v) is 34.5. The summed E-state index contributed by atoms with van der Waals surface area (Å²) in [6.07, 6.45) is 35.1. The molecule has 25 rings (SSSR count). The van der Waals surface area contributed by atoms with Gasteiger partial charge in [0, 0.05) is 18.4 Å². The van der Waals surface area contributed by atoms with Crippen LogP contribution in [0, 0.1) is 52.4 Å². The lowest BCUT2D eigenvalue weighted by molar-refractivity contribution is 0.649. The highest BCUT2D eigenvalue weighted by Gasteiger charge is 2.60. The number of allylic oxidation sites excluding steroid dienone is 17. The average Bonchev–Trinajstić information content (AvgIpc) is 1.45. The lowest BCUT2D eigenvalue weighted by atomic mass is 9.53. The topological polar surface area (TPSA) is 3.24 Å². The van der Waals surface area contributed by atoms with Crippen LogP contribution in [0.5, 0.6) is 0 Å². The molecule has 1 heteroatoms. The van der Waals surface area contributed by atoms with Gasteiger partial charge in [0.25, 0.3) is 0 Å². The Bertz CT molecular complexity index is 7230. The fraction of sp³-hybridized carbons (Fsp3) is 0.113. The Hall–Kier alpha value is -13.5. The van der Waals surface area contributed by atoms with Crippen molar-refractivity contribution in [3.8, 4) is 55.6 Å². The Morgan fingerprint density at radius 2 is 0.707 bits per heavy atom. The summed E-state index contributed by atoms with van der Waals surface area (Å²) in [5.74, 6) is 0. The van der Waals surface area contributed by atoms with E-state index >= 15 is 0 Å². The highest BCUT2D eigenvalue weighted by Crippen LogP contribution is 2.74. The van der Waals surface area contributed by atoms with E-state index in [1.54, 1.807) is 0 Å². The minimum atomic E-state index is -1.08. The molecule has 2 spiro atoms. The lowest BCUT2D eigenvalue weighted by Gasteiger charge is -2.53. The van der Waals surface area contributed by atoms with Gasteiger partial charge in [0.15, 0.2) is 0 Å². The van der Waals surface area contributed by atoms with Crippen LogP contribution in [0.2, 0.25) is 0 Å². The van der Waals surface area contributed by atoms with E-state index in [9.17, 15) is 0 Å². The second kappa shape index (κ2) is 24.1. The minimum absolute atomic E-state index is 0.707. The molecule has 546 valence electrons. The quantitative estimate of drug-likeness (QED) is 0.147. The van der Waals surface area contributed by atoms with Gasteiger partial charge in [-0.3, -0.25) is 0 Å². The normalized spacial score (nSPS) is 18.5. The van der Waals surface area contributed by atoms with Gasteiger partial charge in [-0.1, -0.05) is 297 Å². The van der Waals surface area contributed by atoms with Crippen LogP contribution in [0.3, 0.4) is 0 Å². The molecule has 0 fully saturated rings. The number of hydrogen-bond acceptors (Lipinski definition) is 1. The smallest absolute Gasteiger partial charge is 0.0810 e. The molecule has 0 bridgehead atoms. The van der Waals surface area contributed by atoms with Crippen molar-refractivity contribution in [3.05, 3.63) is 476 Å². The van der Waals surface area contributed by atoms with Crippen LogP contribution in [-0.4, -0.2) is 0 Å². The van der Waals surface area contributed by atoms with Crippen molar-refractivity contribution in [2.75, 3.05) is 4.90 Å². The number of hydrogen-bond donors (Lipinski definition) is 0. The molecule has 0 saturated heterocycles. The third kappa shape index (κ3) is 8.74. The van der Waals surface area contributed by atoms with Gasteiger partial charge >= 0.3 is 0 Å². The third-order valence-corrected chi connectivity index (χ3v) is 28.9. The molecule has 0 aromatic heterocycles.